The van der Waals surface area contributed by atoms with Crippen LogP contribution in [0.1, 0.15) is 32.6 Å². The van der Waals surface area contributed by atoms with Crippen molar-refractivity contribution >= 4 is 18.0 Å². The van der Waals surface area contributed by atoms with Crippen LogP contribution in [0.3, 0.4) is 0 Å². The smallest absolute Gasteiger partial charge is 0.325 e. The zero-order valence-electron chi connectivity index (χ0n) is 11.9. The Morgan fingerprint density at radius 1 is 1.40 bits per heavy atom. The Kier molecular flexibility index (Phi) is 6.27. The molecular weight excluding hydrogens is 264 g/mol. The minimum absolute atomic E-state index is 0.0887. The van der Waals surface area contributed by atoms with Gasteiger partial charge in [-0.1, -0.05) is 6.92 Å². The van der Waals surface area contributed by atoms with Crippen molar-refractivity contribution in [1.82, 2.24) is 10.2 Å². The molecule has 0 saturated heterocycles. The number of amides is 2. The summed E-state index contributed by atoms with van der Waals surface area (Å²) >= 11 is 0. The Morgan fingerprint density at radius 2 is 2.05 bits per heavy atom. The number of carbonyl (C=O) groups excluding carboxylic acids is 2. The number of nitrogens with zero attached hydrogens (tertiary/aromatic N) is 1. The van der Waals surface area contributed by atoms with E-state index in [1.807, 2.05) is 6.92 Å². The quantitative estimate of drug-likeness (QED) is 0.644. The van der Waals surface area contributed by atoms with Gasteiger partial charge in [-0.2, -0.15) is 0 Å². The number of hydrogen-bond donors (Lipinski definition) is 2. The fourth-order valence-electron chi connectivity index (χ4n) is 2.01. The van der Waals surface area contributed by atoms with Gasteiger partial charge in [0.05, 0.1) is 13.5 Å². The number of urea groups is 1. The Bertz CT molecular complexity index is 368. The number of hydrogen-bond acceptors (Lipinski definition) is 4. The highest BCUT2D eigenvalue weighted by Gasteiger charge is 2.34. The lowest BCUT2D eigenvalue weighted by Gasteiger charge is -2.24. The summed E-state index contributed by atoms with van der Waals surface area (Å²) < 4.78 is 4.55. The lowest BCUT2D eigenvalue weighted by Crippen LogP contribution is -2.48. The highest BCUT2D eigenvalue weighted by molar-refractivity contribution is 5.81. The van der Waals surface area contributed by atoms with Crippen molar-refractivity contribution in [3.05, 3.63) is 0 Å². The van der Waals surface area contributed by atoms with Crippen LogP contribution in [0.15, 0.2) is 0 Å². The van der Waals surface area contributed by atoms with Gasteiger partial charge in [-0.25, -0.2) is 4.79 Å². The van der Waals surface area contributed by atoms with Crippen LogP contribution in [0, 0.1) is 5.92 Å². The molecule has 7 nitrogen and oxygen atoms in total. The summed E-state index contributed by atoms with van der Waals surface area (Å²) in [4.78, 5) is 35.6. The average Bonchev–Trinajstić information content (AvgIpc) is 3.20. The molecular formula is C13H22N2O5. The summed E-state index contributed by atoms with van der Waals surface area (Å²) in [6.07, 6.45) is 2.48. The molecule has 0 aromatic rings. The van der Waals surface area contributed by atoms with E-state index in [1.165, 1.54) is 12.0 Å². The van der Waals surface area contributed by atoms with Gasteiger partial charge in [0.15, 0.2) is 0 Å². The van der Waals surface area contributed by atoms with Gasteiger partial charge in [0, 0.05) is 12.6 Å². The molecule has 0 bridgehead atoms. The number of carboxylic acids is 1. The molecule has 2 N–H and O–H groups in total. The summed E-state index contributed by atoms with van der Waals surface area (Å²) in [7, 11) is 1.27. The normalized spacial score (nSPS) is 15.3. The van der Waals surface area contributed by atoms with Gasteiger partial charge in [0.1, 0.15) is 6.54 Å². The van der Waals surface area contributed by atoms with E-state index in [4.69, 9.17) is 5.11 Å². The number of rotatable bonds is 8. The molecule has 0 radical (unpaired) electrons. The Hall–Kier alpha value is -1.79. The highest BCUT2D eigenvalue weighted by Crippen LogP contribution is 2.34. The number of ether oxygens (including phenoxy) is 1. The topological polar surface area (TPSA) is 95.9 Å². The van der Waals surface area contributed by atoms with Crippen LogP contribution in [0.5, 0.6) is 0 Å². The Morgan fingerprint density at radius 3 is 2.50 bits per heavy atom. The molecule has 1 unspecified atom stereocenters. The standard InChI is InChI=1S/C13H22N2O5/c1-3-6-15(8-12(18)20-2)13(19)14-10(7-11(16)17)9-4-5-9/h9-10H,3-8H2,1-2H3,(H,14,19)(H,16,17). The summed E-state index contributed by atoms with van der Waals surface area (Å²) in [6, 6.07) is -0.771. The summed E-state index contributed by atoms with van der Waals surface area (Å²) in [5.74, 6) is -1.19. The van der Waals surface area contributed by atoms with Crippen molar-refractivity contribution in [2.24, 2.45) is 5.92 Å². The third kappa shape index (κ3) is 5.46. The van der Waals surface area contributed by atoms with Crippen molar-refractivity contribution in [3.8, 4) is 0 Å². The number of esters is 1. The molecule has 1 atom stereocenters. The molecule has 1 saturated carbocycles. The fourth-order valence-corrected chi connectivity index (χ4v) is 2.01. The lowest BCUT2D eigenvalue weighted by atomic mass is 10.1. The van der Waals surface area contributed by atoms with Crippen molar-refractivity contribution in [2.75, 3.05) is 20.2 Å². The number of carbonyl (C=O) groups is 3. The first-order valence-electron chi connectivity index (χ1n) is 6.82. The SMILES string of the molecule is CCCN(CC(=O)OC)C(=O)NC(CC(=O)O)C1CC1. The second-order valence-corrected chi connectivity index (χ2v) is 4.99. The van der Waals surface area contributed by atoms with E-state index in [-0.39, 0.29) is 24.9 Å². The van der Waals surface area contributed by atoms with E-state index >= 15 is 0 Å². The van der Waals surface area contributed by atoms with Crippen LogP contribution < -0.4 is 5.32 Å². The monoisotopic (exact) mass is 286 g/mol. The van der Waals surface area contributed by atoms with Crippen LogP contribution in [-0.2, 0) is 14.3 Å². The molecule has 1 fully saturated rings. The molecule has 2 amide bonds. The van der Waals surface area contributed by atoms with Crippen LogP contribution >= 0.6 is 0 Å². The van der Waals surface area contributed by atoms with Crippen molar-refractivity contribution in [1.29, 1.82) is 0 Å². The van der Waals surface area contributed by atoms with Crippen molar-refractivity contribution in [2.45, 2.75) is 38.6 Å². The van der Waals surface area contributed by atoms with Gasteiger partial charge in [0.2, 0.25) is 0 Å². The molecule has 0 aliphatic heterocycles. The van der Waals surface area contributed by atoms with Crippen LogP contribution in [-0.4, -0.2) is 54.2 Å². The average molecular weight is 286 g/mol. The highest BCUT2D eigenvalue weighted by atomic mass is 16.5. The van der Waals surface area contributed by atoms with Gasteiger partial charge in [-0.15, -0.1) is 0 Å². The molecule has 0 aromatic heterocycles. The number of nitrogens with one attached hydrogen (secondary N) is 1. The second-order valence-electron chi connectivity index (χ2n) is 4.99. The van der Waals surface area contributed by atoms with E-state index in [0.29, 0.717) is 13.0 Å². The molecule has 0 heterocycles. The van der Waals surface area contributed by atoms with Crippen molar-refractivity contribution in [3.63, 3.8) is 0 Å². The zero-order valence-corrected chi connectivity index (χ0v) is 11.9. The first-order valence-corrected chi connectivity index (χ1v) is 6.82. The first kappa shape index (κ1) is 16.3. The minimum atomic E-state index is -0.933. The van der Waals surface area contributed by atoms with E-state index in [9.17, 15) is 14.4 Å². The first-order chi connectivity index (χ1) is 9.47. The van der Waals surface area contributed by atoms with Gasteiger partial charge in [-0.05, 0) is 25.2 Å². The summed E-state index contributed by atoms with van der Waals surface area (Å²) in [6.45, 7) is 2.19. The zero-order chi connectivity index (χ0) is 15.1. The van der Waals surface area contributed by atoms with Crippen LogP contribution in [0.2, 0.25) is 0 Å². The van der Waals surface area contributed by atoms with Gasteiger partial charge >= 0.3 is 18.0 Å². The third-order valence-electron chi connectivity index (χ3n) is 3.22. The van der Waals surface area contributed by atoms with E-state index in [2.05, 4.69) is 10.1 Å². The van der Waals surface area contributed by atoms with Crippen LogP contribution in [0.25, 0.3) is 0 Å². The molecule has 1 aliphatic carbocycles. The fraction of sp³-hybridized carbons (Fsp3) is 0.769. The molecule has 20 heavy (non-hydrogen) atoms. The summed E-state index contributed by atoms with van der Waals surface area (Å²) in [5.41, 5.74) is 0. The third-order valence-corrected chi connectivity index (χ3v) is 3.22. The molecule has 114 valence electrons. The number of carboxylic acid groups (broad SMARTS) is 1. The molecule has 0 aromatic carbocycles. The van der Waals surface area contributed by atoms with Gasteiger partial charge in [0.25, 0.3) is 0 Å². The Labute approximate surface area is 118 Å². The summed E-state index contributed by atoms with van der Waals surface area (Å²) in [5, 5.41) is 11.6. The maximum absolute atomic E-state index is 12.1. The Balaban J connectivity index is 2.58. The van der Waals surface area contributed by atoms with Crippen LogP contribution in [0.4, 0.5) is 4.79 Å². The predicted octanol–water partition coefficient (Wildman–Crippen LogP) is 0.834. The van der Waals surface area contributed by atoms with Gasteiger partial charge in [-0.3, -0.25) is 9.59 Å². The minimum Gasteiger partial charge on any atom is -0.481 e. The van der Waals surface area contributed by atoms with E-state index < -0.39 is 18.0 Å². The maximum Gasteiger partial charge on any atom is 0.325 e. The molecule has 1 aliphatic rings. The predicted molar refractivity (Wildman–Crippen MR) is 71.2 cm³/mol. The van der Waals surface area contributed by atoms with E-state index in [0.717, 1.165) is 12.8 Å². The number of methoxy groups -OCH3 is 1. The molecule has 0 spiro atoms. The lowest BCUT2D eigenvalue weighted by molar-refractivity contribution is -0.141. The van der Waals surface area contributed by atoms with Crippen molar-refractivity contribution < 1.29 is 24.2 Å². The second kappa shape index (κ2) is 7.72. The molecule has 1 rings (SSSR count). The van der Waals surface area contributed by atoms with E-state index in [1.54, 1.807) is 0 Å². The number of aliphatic carboxylic acids is 1. The largest absolute Gasteiger partial charge is 0.481 e. The van der Waals surface area contributed by atoms with Gasteiger partial charge < -0.3 is 20.1 Å². The maximum atomic E-state index is 12.1. The molecule has 7 heteroatoms.